The lowest BCUT2D eigenvalue weighted by Crippen LogP contribution is -2.36. The Bertz CT molecular complexity index is 887. The smallest absolute Gasteiger partial charge is 0.336 e. The summed E-state index contributed by atoms with van der Waals surface area (Å²) in [4.78, 5) is 25.1. The third-order valence-electron chi connectivity index (χ3n) is 3.62. The number of carbonyl (C=O) groups is 1. The number of fused-ring (bicyclic) bond motifs is 1. The molecular weight excluding hydrogens is 322 g/mol. The highest BCUT2D eigenvalue weighted by molar-refractivity contribution is 5.81. The van der Waals surface area contributed by atoms with Gasteiger partial charge in [0.05, 0.1) is 25.0 Å². The van der Waals surface area contributed by atoms with Crippen LogP contribution in [0.25, 0.3) is 11.0 Å². The third-order valence-corrected chi connectivity index (χ3v) is 3.62. The molecule has 25 heavy (non-hydrogen) atoms. The first kappa shape index (κ1) is 18.0. The van der Waals surface area contributed by atoms with Crippen LogP contribution in [0, 0.1) is 29.6 Å². The first-order chi connectivity index (χ1) is 12.0. The van der Waals surface area contributed by atoms with E-state index in [1.807, 2.05) is 19.1 Å². The molecule has 7 nitrogen and oxygen atoms in total. The molecule has 0 aliphatic heterocycles. The van der Waals surface area contributed by atoms with E-state index in [4.69, 9.17) is 19.7 Å². The molecule has 0 aliphatic rings. The van der Waals surface area contributed by atoms with E-state index in [0.29, 0.717) is 11.3 Å². The fourth-order valence-electron chi connectivity index (χ4n) is 2.36. The summed E-state index contributed by atoms with van der Waals surface area (Å²) in [6, 6.07) is 10.4. The van der Waals surface area contributed by atoms with Gasteiger partial charge in [-0.3, -0.25) is 4.79 Å². The average molecular weight is 339 g/mol. The second-order valence-electron chi connectivity index (χ2n) is 5.39. The molecular formula is C18H17N3O4. The number of hydrogen-bond acceptors (Lipinski definition) is 6. The maximum absolute atomic E-state index is 12.2. The van der Waals surface area contributed by atoms with Gasteiger partial charge in [0.2, 0.25) is 0 Å². The molecule has 2 aromatic rings. The molecule has 1 heterocycles. The lowest BCUT2D eigenvalue weighted by molar-refractivity contribution is -0.133. The van der Waals surface area contributed by atoms with E-state index in [-0.39, 0.29) is 38.4 Å². The van der Waals surface area contributed by atoms with Gasteiger partial charge in [-0.1, -0.05) is 0 Å². The van der Waals surface area contributed by atoms with E-state index in [1.165, 1.54) is 11.0 Å². The first-order valence-corrected chi connectivity index (χ1v) is 7.74. The number of amides is 1. The predicted octanol–water partition coefficient (Wildman–Crippen LogP) is 2.14. The number of aryl methyl sites for hydroxylation is 1. The lowest BCUT2D eigenvalue weighted by atomic mass is 10.1. The number of ether oxygens (including phenoxy) is 1. The van der Waals surface area contributed by atoms with Gasteiger partial charge < -0.3 is 14.1 Å². The molecule has 1 aromatic carbocycles. The van der Waals surface area contributed by atoms with Crippen molar-refractivity contribution in [2.45, 2.75) is 19.8 Å². The second-order valence-corrected chi connectivity index (χ2v) is 5.39. The molecule has 1 aromatic heterocycles. The average Bonchev–Trinajstić information content (AvgIpc) is 2.59. The van der Waals surface area contributed by atoms with Crippen LogP contribution < -0.4 is 10.4 Å². The Hall–Kier alpha value is -3.32. The maximum Gasteiger partial charge on any atom is 0.336 e. The molecule has 0 N–H and O–H groups in total. The molecule has 0 bridgehead atoms. The van der Waals surface area contributed by atoms with Crippen LogP contribution in [0.4, 0.5) is 0 Å². The minimum absolute atomic E-state index is 0.192. The predicted molar refractivity (Wildman–Crippen MR) is 89.8 cm³/mol. The molecule has 0 atom stereocenters. The number of hydrogen-bond donors (Lipinski definition) is 0. The van der Waals surface area contributed by atoms with Crippen LogP contribution in [0.3, 0.4) is 0 Å². The van der Waals surface area contributed by atoms with Crippen LogP contribution in [0.5, 0.6) is 5.75 Å². The molecule has 128 valence electrons. The van der Waals surface area contributed by atoms with Gasteiger partial charge in [0.15, 0.2) is 6.61 Å². The van der Waals surface area contributed by atoms with Crippen molar-refractivity contribution in [2.24, 2.45) is 0 Å². The quantitative estimate of drug-likeness (QED) is 0.715. The monoisotopic (exact) mass is 339 g/mol. The summed E-state index contributed by atoms with van der Waals surface area (Å²) < 4.78 is 10.6. The topological polar surface area (TPSA) is 107 Å². The molecule has 0 aliphatic carbocycles. The minimum atomic E-state index is -0.447. The lowest BCUT2D eigenvalue weighted by Gasteiger charge is -2.20. The van der Waals surface area contributed by atoms with Gasteiger partial charge in [0, 0.05) is 30.6 Å². The number of nitrogens with zero attached hydrogens (tertiary/aromatic N) is 3. The summed E-state index contributed by atoms with van der Waals surface area (Å²) >= 11 is 0. The van der Waals surface area contributed by atoms with E-state index < -0.39 is 5.63 Å². The van der Waals surface area contributed by atoms with Crippen molar-refractivity contribution in [3.8, 4) is 17.9 Å². The molecule has 7 heteroatoms. The van der Waals surface area contributed by atoms with Gasteiger partial charge in [-0.25, -0.2) is 4.79 Å². The van der Waals surface area contributed by atoms with Crippen LogP contribution in [-0.4, -0.2) is 30.5 Å². The number of nitriles is 2. The van der Waals surface area contributed by atoms with Gasteiger partial charge in [0.25, 0.3) is 5.91 Å². The van der Waals surface area contributed by atoms with Gasteiger partial charge >= 0.3 is 5.63 Å². The molecule has 0 saturated heterocycles. The molecule has 2 rings (SSSR count). The summed E-state index contributed by atoms with van der Waals surface area (Å²) in [5, 5.41) is 18.1. The summed E-state index contributed by atoms with van der Waals surface area (Å²) in [6.45, 7) is 2.10. The summed E-state index contributed by atoms with van der Waals surface area (Å²) in [6.07, 6.45) is 0.384. The van der Waals surface area contributed by atoms with Gasteiger partial charge in [-0.15, -0.1) is 0 Å². The third kappa shape index (κ3) is 4.82. The maximum atomic E-state index is 12.2. The van der Waals surface area contributed by atoms with E-state index >= 15 is 0 Å². The van der Waals surface area contributed by atoms with Crippen LogP contribution in [-0.2, 0) is 4.79 Å². The number of carbonyl (C=O) groups excluding carboxylic acids is 1. The first-order valence-electron chi connectivity index (χ1n) is 7.74. The Morgan fingerprint density at radius 3 is 2.52 bits per heavy atom. The minimum Gasteiger partial charge on any atom is -0.484 e. The normalized spacial score (nSPS) is 10.0. The highest BCUT2D eigenvalue weighted by atomic mass is 16.5. The Balaban J connectivity index is 2.07. The van der Waals surface area contributed by atoms with Crippen molar-refractivity contribution in [3.63, 3.8) is 0 Å². The standard InChI is InChI=1S/C18H17N3O4/c1-13-10-18(23)25-16-11-14(4-5-15(13)16)24-12-17(22)21(8-2-6-19)9-3-7-20/h4-5,10-11H,2-3,8-9,12H2,1H3. The SMILES string of the molecule is Cc1cc(=O)oc2cc(OCC(=O)N(CCC#N)CCC#N)ccc12. The zero-order chi connectivity index (χ0) is 18.2. The molecule has 0 saturated carbocycles. The van der Waals surface area contributed by atoms with Gasteiger partial charge in [-0.2, -0.15) is 10.5 Å². The van der Waals surface area contributed by atoms with Crippen molar-refractivity contribution in [3.05, 3.63) is 40.2 Å². The van der Waals surface area contributed by atoms with Crippen LogP contribution in [0.2, 0.25) is 0 Å². The van der Waals surface area contributed by atoms with Crippen LogP contribution >= 0.6 is 0 Å². The zero-order valence-electron chi connectivity index (χ0n) is 13.8. The van der Waals surface area contributed by atoms with Gasteiger partial charge in [0.1, 0.15) is 11.3 Å². The van der Waals surface area contributed by atoms with Crippen molar-refractivity contribution < 1.29 is 13.9 Å². The number of benzene rings is 1. The number of rotatable bonds is 7. The second kappa shape index (κ2) is 8.51. The largest absolute Gasteiger partial charge is 0.484 e. The molecule has 0 radical (unpaired) electrons. The Kier molecular flexibility index (Phi) is 6.14. The Morgan fingerprint density at radius 1 is 1.20 bits per heavy atom. The van der Waals surface area contributed by atoms with E-state index in [0.717, 1.165) is 10.9 Å². The molecule has 0 unspecified atom stereocenters. The van der Waals surface area contributed by atoms with Crippen LogP contribution in [0.15, 0.2) is 33.5 Å². The van der Waals surface area contributed by atoms with Crippen molar-refractivity contribution in [1.29, 1.82) is 10.5 Å². The van der Waals surface area contributed by atoms with Crippen molar-refractivity contribution in [1.82, 2.24) is 4.90 Å². The Morgan fingerprint density at radius 2 is 1.88 bits per heavy atom. The Labute approximate surface area is 144 Å². The summed E-state index contributed by atoms with van der Waals surface area (Å²) in [7, 11) is 0. The molecule has 1 amide bonds. The van der Waals surface area contributed by atoms with E-state index in [1.54, 1.807) is 18.2 Å². The zero-order valence-corrected chi connectivity index (χ0v) is 13.8. The van der Waals surface area contributed by atoms with E-state index in [2.05, 4.69) is 0 Å². The fraction of sp³-hybridized carbons (Fsp3) is 0.333. The van der Waals surface area contributed by atoms with Crippen molar-refractivity contribution >= 4 is 16.9 Å². The van der Waals surface area contributed by atoms with Crippen LogP contribution in [0.1, 0.15) is 18.4 Å². The molecule has 0 spiro atoms. The summed E-state index contributed by atoms with van der Waals surface area (Å²) in [5.41, 5.74) is 0.742. The fourth-order valence-corrected chi connectivity index (χ4v) is 2.36. The summed E-state index contributed by atoms with van der Waals surface area (Å²) in [5.74, 6) is 0.0893. The van der Waals surface area contributed by atoms with Crippen molar-refractivity contribution in [2.75, 3.05) is 19.7 Å². The van der Waals surface area contributed by atoms with Gasteiger partial charge in [-0.05, 0) is 24.6 Å². The van der Waals surface area contributed by atoms with E-state index in [9.17, 15) is 9.59 Å². The highest BCUT2D eigenvalue weighted by Crippen LogP contribution is 2.22. The molecule has 0 fully saturated rings. The highest BCUT2D eigenvalue weighted by Gasteiger charge is 2.14.